The molecule has 1 amide bonds. The van der Waals surface area contributed by atoms with Crippen molar-refractivity contribution in [2.45, 2.75) is 43.3 Å². The number of fused-ring (bicyclic) bond motifs is 2. The Morgan fingerprint density at radius 3 is 2.60 bits per heavy atom. The second kappa shape index (κ2) is 6.37. The summed E-state index contributed by atoms with van der Waals surface area (Å²) in [7, 11) is -3.56. The molecule has 6 nitrogen and oxygen atoms in total. The number of nitrogens with zero attached hydrogens (tertiary/aromatic N) is 2. The molecule has 0 aliphatic carbocycles. The quantitative estimate of drug-likeness (QED) is 0.813. The van der Waals surface area contributed by atoms with E-state index in [-0.39, 0.29) is 30.6 Å². The van der Waals surface area contributed by atoms with Gasteiger partial charge in [0.05, 0.1) is 23.0 Å². The van der Waals surface area contributed by atoms with E-state index < -0.39 is 10.0 Å². The van der Waals surface area contributed by atoms with E-state index in [1.54, 1.807) is 12.1 Å². The molecule has 0 N–H and O–H groups in total. The highest BCUT2D eigenvalue weighted by Gasteiger charge is 2.48. The van der Waals surface area contributed by atoms with Crippen molar-refractivity contribution < 1.29 is 17.9 Å². The van der Waals surface area contributed by atoms with Crippen LogP contribution in [0, 0.1) is 12.8 Å². The van der Waals surface area contributed by atoms with Crippen LogP contribution in [0.1, 0.15) is 24.8 Å². The van der Waals surface area contributed by atoms with Crippen molar-refractivity contribution in [3.63, 3.8) is 0 Å². The average molecular weight is 364 g/mol. The highest BCUT2D eigenvalue weighted by atomic mass is 32.2. The van der Waals surface area contributed by atoms with Gasteiger partial charge in [-0.05, 0) is 37.8 Å². The van der Waals surface area contributed by atoms with Gasteiger partial charge in [-0.1, -0.05) is 18.2 Å². The molecule has 0 unspecified atom stereocenters. The van der Waals surface area contributed by atoms with E-state index in [9.17, 15) is 13.2 Å². The molecular formula is C18H24N2O4S. The van der Waals surface area contributed by atoms with Gasteiger partial charge in [0.2, 0.25) is 15.9 Å². The molecule has 0 aromatic heterocycles. The maximum absolute atomic E-state index is 13.0. The summed E-state index contributed by atoms with van der Waals surface area (Å²) in [4.78, 5) is 15.0. The van der Waals surface area contributed by atoms with E-state index in [1.807, 2.05) is 24.0 Å². The number of sulfonamides is 1. The number of carbonyl (C=O) groups is 1. The molecule has 3 saturated heterocycles. The monoisotopic (exact) mass is 364 g/mol. The van der Waals surface area contributed by atoms with Crippen molar-refractivity contribution in [3.8, 4) is 0 Å². The van der Waals surface area contributed by atoms with Gasteiger partial charge in [0.1, 0.15) is 0 Å². The molecule has 0 saturated carbocycles. The molecule has 3 aliphatic heterocycles. The lowest BCUT2D eigenvalue weighted by Crippen LogP contribution is -2.48. The Morgan fingerprint density at radius 1 is 1.16 bits per heavy atom. The van der Waals surface area contributed by atoms with Gasteiger partial charge in [-0.15, -0.1) is 0 Å². The predicted octanol–water partition coefficient (Wildman–Crippen LogP) is 1.40. The molecule has 136 valence electrons. The molecule has 3 aliphatic rings. The van der Waals surface area contributed by atoms with E-state index >= 15 is 0 Å². The van der Waals surface area contributed by atoms with Crippen LogP contribution in [-0.4, -0.2) is 61.9 Å². The maximum Gasteiger partial charge on any atom is 0.243 e. The first-order valence-electron chi connectivity index (χ1n) is 8.97. The van der Waals surface area contributed by atoms with E-state index in [0.717, 1.165) is 31.5 Å². The van der Waals surface area contributed by atoms with Crippen LogP contribution < -0.4 is 0 Å². The minimum Gasteiger partial charge on any atom is -0.371 e. The van der Waals surface area contributed by atoms with Crippen LogP contribution in [0.15, 0.2) is 29.2 Å². The molecule has 0 radical (unpaired) electrons. The van der Waals surface area contributed by atoms with Crippen molar-refractivity contribution >= 4 is 15.9 Å². The smallest absolute Gasteiger partial charge is 0.243 e. The SMILES string of the molecule is Cc1ccccc1S(=O)(=O)N1C[C@H]2C[C@H](C(=O)N3CCCC3)[C@@H](C1)O2. The number of morpholine rings is 1. The molecule has 3 fully saturated rings. The standard InChI is InChI=1S/C18H24N2O4S/c1-13-6-2-3-7-17(13)25(22,23)20-11-14-10-15(16(12-20)24-14)18(21)19-8-4-5-9-19/h2-3,6-7,14-16H,4-5,8-12H2,1H3/t14-,15+,16-/m1/s1. The maximum atomic E-state index is 13.0. The Kier molecular flexibility index (Phi) is 4.33. The zero-order valence-electron chi connectivity index (χ0n) is 14.4. The number of carbonyl (C=O) groups excluding carboxylic acids is 1. The second-order valence-electron chi connectivity index (χ2n) is 7.26. The van der Waals surface area contributed by atoms with Crippen LogP contribution >= 0.6 is 0 Å². The number of hydrogen-bond donors (Lipinski definition) is 0. The van der Waals surface area contributed by atoms with Crippen LogP contribution in [0.2, 0.25) is 0 Å². The molecule has 25 heavy (non-hydrogen) atoms. The van der Waals surface area contributed by atoms with Crippen molar-refractivity contribution in [2.75, 3.05) is 26.2 Å². The average Bonchev–Trinajstić information content (AvgIpc) is 3.22. The zero-order chi connectivity index (χ0) is 17.6. The summed E-state index contributed by atoms with van der Waals surface area (Å²) in [5.74, 6) is -0.0692. The van der Waals surface area contributed by atoms with Crippen LogP contribution in [0.5, 0.6) is 0 Å². The third kappa shape index (κ3) is 2.98. The highest BCUT2D eigenvalue weighted by Crippen LogP contribution is 2.36. The molecule has 1 aromatic rings. The number of benzene rings is 1. The second-order valence-corrected chi connectivity index (χ2v) is 9.17. The van der Waals surface area contributed by atoms with Gasteiger partial charge < -0.3 is 9.64 Å². The molecule has 3 atom stereocenters. The number of likely N-dealkylation sites (tertiary alicyclic amines) is 1. The highest BCUT2D eigenvalue weighted by molar-refractivity contribution is 7.89. The van der Waals surface area contributed by atoms with Crippen molar-refractivity contribution in [1.82, 2.24) is 9.21 Å². The summed E-state index contributed by atoms with van der Waals surface area (Å²) >= 11 is 0. The summed E-state index contributed by atoms with van der Waals surface area (Å²) in [6, 6.07) is 7.04. The van der Waals surface area contributed by atoms with Crippen molar-refractivity contribution in [2.24, 2.45) is 5.92 Å². The minimum atomic E-state index is -3.56. The predicted molar refractivity (Wildman–Crippen MR) is 92.5 cm³/mol. The van der Waals surface area contributed by atoms with Gasteiger partial charge in [0, 0.05) is 26.2 Å². The van der Waals surface area contributed by atoms with Crippen molar-refractivity contribution in [1.29, 1.82) is 0 Å². The van der Waals surface area contributed by atoms with Crippen LogP contribution in [0.4, 0.5) is 0 Å². The Hall–Kier alpha value is -1.44. The lowest BCUT2D eigenvalue weighted by atomic mass is 9.99. The number of amides is 1. The number of rotatable bonds is 3. The number of ether oxygens (including phenoxy) is 1. The van der Waals surface area contributed by atoms with Gasteiger partial charge in [-0.2, -0.15) is 4.31 Å². The number of aryl methyl sites for hydroxylation is 1. The summed E-state index contributed by atoms with van der Waals surface area (Å²) in [6.45, 7) is 4.03. The fraction of sp³-hybridized carbons (Fsp3) is 0.611. The van der Waals surface area contributed by atoms with Crippen LogP contribution in [0.25, 0.3) is 0 Å². The topological polar surface area (TPSA) is 66.9 Å². The van der Waals surface area contributed by atoms with E-state index in [4.69, 9.17) is 4.74 Å². The van der Waals surface area contributed by atoms with Gasteiger partial charge in [0.25, 0.3) is 0 Å². The molecule has 3 heterocycles. The summed E-state index contributed by atoms with van der Waals surface area (Å²) < 4.78 is 33.5. The lowest BCUT2D eigenvalue weighted by molar-refractivity contribution is -0.136. The van der Waals surface area contributed by atoms with Crippen LogP contribution in [0.3, 0.4) is 0 Å². The van der Waals surface area contributed by atoms with Gasteiger partial charge in [-0.3, -0.25) is 4.79 Å². The summed E-state index contributed by atoms with van der Waals surface area (Å²) in [5.41, 5.74) is 0.742. The van der Waals surface area contributed by atoms with E-state index in [0.29, 0.717) is 17.9 Å². The molecular weight excluding hydrogens is 340 g/mol. The fourth-order valence-electron chi connectivity index (χ4n) is 4.24. The Bertz CT molecular complexity index is 773. The minimum absolute atomic E-state index is 0.139. The molecule has 2 bridgehead atoms. The summed E-state index contributed by atoms with van der Waals surface area (Å²) in [6.07, 6.45) is 2.22. The Labute approximate surface area is 148 Å². The first-order valence-corrected chi connectivity index (χ1v) is 10.4. The van der Waals surface area contributed by atoms with E-state index in [1.165, 1.54) is 4.31 Å². The molecule has 7 heteroatoms. The van der Waals surface area contributed by atoms with Gasteiger partial charge in [0.15, 0.2) is 0 Å². The first kappa shape index (κ1) is 17.0. The Morgan fingerprint density at radius 2 is 1.88 bits per heavy atom. The molecule has 0 spiro atoms. The van der Waals surface area contributed by atoms with Crippen LogP contribution in [-0.2, 0) is 19.6 Å². The van der Waals surface area contributed by atoms with Gasteiger partial charge >= 0.3 is 0 Å². The van der Waals surface area contributed by atoms with E-state index in [2.05, 4.69) is 0 Å². The largest absolute Gasteiger partial charge is 0.371 e. The molecule has 1 aromatic carbocycles. The lowest BCUT2D eigenvalue weighted by Gasteiger charge is -2.32. The fourth-order valence-corrected chi connectivity index (χ4v) is 5.95. The third-order valence-corrected chi connectivity index (χ3v) is 7.56. The van der Waals surface area contributed by atoms with Gasteiger partial charge in [-0.25, -0.2) is 8.42 Å². The number of hydrogen-bond acceptors (Lipinski definition) is 4. The first-order chi connectivity index (χ1) is 12.0. The summed E-state index contributed by atoms with van der Waals surface area (Å²) in [5, 5.41) is 0. The molecule has 4 rings (SSSR count). The third-order valence-electron chi connectivity index (χ3n) is 5.57. The normalized spacial score (nSPS) is 30.0. The Balaban J connectivity index is 1.54. The zero-order valence-corrected chi connectivity index (χ0v) is 15.2. The van der Waals surface area contributed by atoms with Crippen molar-refractivity contribution in [3.05, 3.63) is 29.8 Å².